The summed E-state index contributed by atoms with van der Waals surface area (Å²) in [6, 6.07) is 7.45. The van der Waals surface area contributed by atoms with E-state index in [1.165, 1.54) is 0 Å². The second kappa shape index (κ2) is 4.22. The molecule has 0 unspecified atom stereocenters. The first-order chi connectivity index (χ1) is 7.33. The fourth-order valence-corrected chi connectivity index (χ4v) is 2.11. The number of hydrogen-bond donors (Lipinski definition) is 1. The summed E-state index contributed by atoms with van der Waals surface area (Å²) >= 11 is 1.56. The highest BCUT2D eigenvalue weighted by Gasteiger charge is 2.02. The van der Waals surface area contributed by atoms with Gasteiger partial charge < -0.3 is 5.11 Å². The summed E-state index contributed by atoms with van der Waals surface area (Å²) < 4.78 is 0. The SMILES string of the molecule is N#Cc1ccc(-c2cc(CO)cs2)cn1. The average molecular weight is 216 g/mol. The minimum absolute atomic E-state index is 0.0558. The van der Waals surface area contributed by atoms with E-state index in [4.69, 9.17) is 10.4 Å². The van der Waals surface area contributed by atoms with Gasteiger partial charge in [0.1, 0.15) is 11.8 Å². The summed E-state index contributed by atoms with van der Waals surface area (Å²) in [6.45, 7) is 0.0558. The zero-order valence-corrected chi connectivity index (χ0v) is 8.66. The molecule has 0 aromatic carbocycles. The zero-order chi connectivity index (χ0) is 10.7. The quantitative estimate of drug-likeness (QED) is 0.837. The van der Waals surface area contributed by atoms with Crippen LogP contribution >= 0.6 is 11.3 Å². The third-order valence-electron chi connectivity index (χ3n) is 2.00. The highest BCUT2D eigenvalue weighted by Crippen LogP contribution is 2.26. The molecular formula is C11H8N2OS. The first-order valence-corrected chi connectivity index (χ1v) is 5.26. The molecule has 0 aliphatic carbocycles. The Kier molecular flexibility index (Phi) is 2.77. The van der Waals surface area contributed by atoms with Crippen LogP contribution in [-0.2, 0) is 6.61 Å². The maximum absolute atomic E-state index is 8.93. The van der Waals surface area contributed by atoms with Crippen LogP contribution in [0.15, 0.2) is 29.8 Å². The molecule has 15 heavy (non-hydrogen) atoms. The lowest BCUT2D eigenvalue weighted by atomic mass is 10.2. The molecule has 0 aliphatic rings. The maximum atomic E-state index is 8.93. The fraction of sp³-hybridized carbons (Fsp3) is 0.0909. The van der Waals surface area contributed by atoms with Crippen molar-refractivity contribution in [2.45, 2.75) is 6.61 Å². The van der Waals surface area contributed by atoms with Gasteiger partial charge in [0.05, 0.1) is 6.61 Å². The fourth-order valence-electron chi connectivity index (χ4n) is 1.22. The Labute approximate surface area is 91.3 Å². The molecule has 0 saturated carbocycles. The zero-order valence-electron chi connectivity index (χ0n) is 7.84. The van der Waals surface area contributed by atoms with Crippen LogP contribution in [0.5, 0.6) is 0 Å². The van der Waals surface area contributed by atoms with Crippen molar-refractivity contribution in [3.63, 3.8) is 0 Å². The monoisotopic (exact) mass is 216 g/mol. The Morgan fingerprint density at radius 2 is 2.33 bits per heavy atom. The second-order valence-electron chi connectivity index (χ2n) is 3.02. The summed E-state index contributed by atoms with van der Waals surface area (Å²) in [7, 11) is 0. The van der Waals surface area contributed by atoms with Crippen LogP contribution in [0, 0.1) is 11.3 Å². The van der Waals surface area contributed by atoms with Crippen molar-refractivity contribution >= 4 is 11.3 Å². The van der Waals surface area contributed by atoms with Crippen LogP contribution in [0.4, 0.5) is 0 Å². The average Bonchev–Trinajstić information content (AvgIpc) is 2.78. The van der Waals surface area contributed by atoms with Crippen LogP contribution < -0.4 is 0 Å². The van der Waals surface area contributed by atoms with Crippen LogP contribution in [0.2, 0.25) is 0 Å². The lowest BCUT2D eigenvalue weighted by Gasteiger charge is -1.95. The Hall–Kier alpha value is -1.70. The molecule has 2 aromatic rings. The van der Waals surface area contributed by atoms with E-state index in [-0.39, 0.29) is 6.61 Å². The van der Waals surface area contributed by atoms with Gasteiger partial charge in [-0.3, -0.25) is 0 Å². The van der Waals surface area contributed by atoms with Gasteiger partial charge in [-0.2, -0.15) is 5.26 Å². The molecule has 0 atom stereocenters. The first kappa shape index (κ1) is 9.84. The number of thiophene rings is 1. The van der Waals surface area contributed by atoms with Gasteiger partial charge in [-0.25, -0.2) is 4.98 Å². The van der Waals surface area contributed by atoms with Crippen molar-refractivity contribution < 1.29 is 5.11 Å². The lowest BCUT2D eigenvalue weighted by molar-refractivity contribution is 0.282. The molecular weight excluding hydrogens is 208 g/mol. The number of aliphatic hydroxyl groups excluding tert-OH is 1. The molecule has 0 fully saturated rings. The number of aromatic nitrogens is 1. The Bertz CT molecular complexity index is 496. The summed E-state index contributed by atoms with van der Waals surface area (Å²) in [4.78, 5) is 5.04. The highest BCUT2D eigenvalue weighted by atomic mass is 32.1. The van der Waals surface area contributed by atoms with Crippen LogP contribution in [-0.4, -0.2) is 10.1 Å². The molecule has 1 N–H and O–H groups in total. The summed E-state index contributed by atoms with van der Waals surface area (Å²) in [5.74, 6) is 0. The lowest BCUT2D eigenvalue weighted by Crippen LogP contribution is -1.81. The predicted molar refractivity (Wildman–Crippen MR) is 58.2 cm³/mol. The number of aliphatic hydroxyl groups is 1. The van der Waals surface area contributed by atoms with Crippen LogP contribution in [0.1, 0.15) is 11.3 Å². The highest BCUT2D eigenvalue weighted by molar-refractivity contribution is 7.13. The van der Waals surface area contributed by atoms with Crippen molar-refractivity contribution in [2.75, 3.05) is 0 Å². The second-order valence-corrected chi connectivity index (χ2v) is 3.93. The molecule has 0 spiro atoms. The van der Waals surface area contributed by atoms with E-state index in [1.54, 1.807) is 23.6 Å². The van der Waals surface area contributed by atoms with Crippen molar-refractivity contribution in [1.29, 1.82) is 5.26 Å². The van der Waals surface area contributed by atoms with Crippen molar-refractivity contribution in [3.8, 4) is 16.5 Å². The van der Waals surface area contributed by atoms with Crippen LogP contribution in [0.25, 0.3) is 10.4 Å². The number of rotatable bonds is 2. The number of nitrogens with zero attached hydrogens (tertiary/aromatic N) is 2. The van der Waals surface area contributed by atoms with Gasteiger partial charge in [0.25, 0.3) is 0 Å². The molecule has 3 nitrogen and oxygen atoms in total. The van der Waals surface area contributed by atoms with E-state index in [0.29, 0.717) is 5.69 Å². The van der Waals surface area contributed by atoms with E-state index in [1.807, 2.05) is 23.6 Å². The number of nitriles is 1. The molecule has 2 aromatic heterocycles. The maximum Gasteiger partial charge on any atom is 0.140 e. The van der Waals surface area contributed by atoms with E-state index >= 15 is 0 Å². The van der Waals surface area contributed by atoms with Crippen LogP contribution in [0.3, 0.4) is 0 Å². The van der Waals surface area contributed by atoms with E-state index in [0.717, 1.165) is 16.0 Å². The van der Waals surface area contributed by atoms with Crippen molar-refractivity contribution in [2.24, 2.45) is 0 Å². The predicted octanol–water partition coefficient (Wildman–Crippen LogP) is 2.17. The minimum atomic E-state index is 0.0558. The molecule has 4 heteroatoms. The Balaban J connectivity index is 2.33. The smallest absolute Gasteiger partial charge is 0.140 e. The van der Waals surface area contributed by atoms with Gasteiger partial charge in [0.2, 0.25) is 0 Å². The third-order valence-corrected chi connectivity index (χ3v) is 3.03. The molecule has 0 aliphatic heterocycles. The molecule has 2 heterocycles. The molecule has 74 valence electrons. The summed E-state index contributed by atoms with van der Waals surface area (Å²) in [5, 5.41) is 19.4. The molecule has 0 amide bonds. The van der Waals surface area contributed by atoms with Gasteiger partial charge in [0.15, 0.2) is 0 Å². The minimum Gasteiger partial charge on any atom is -0.392 e. The van der Waals surface area contributed by atoms with Gasteiger partial charge in [-0.1, -0.05) is 0 Å². The van der Waals surface area contributed by atoms with E-state index < -0.39 is 0 Å². The molecule has 2 rings (SSSR count). The molecule has 0 saturated heterocycles. The third kappa shape index (κ3) is 2.04. The summed E-state index contributed by atoms with van der Waals surface area (Å²) in [6.07, 6.45) is 1.67. The van der Waals surface area contributed by atoms with E-state index in [2.05, 4.69) is 4.98 Å². The topological polar surface area (TPSA) is 56.9 Å². The molecule has 0 radical (unpaired) electrons. The Morgan fingerprint density at radius 1 is 1.47 bits per heavy atom. The van der Waals surface area contributed by atoms with E-state index in [9.17, 15) is 0 Å². The normalized spacial score (nSPS) is 9.87. The van der Waals surface area contributed by atoms with Crippen molar-refractivity contribution in [1.82, 2.24) is 4.98 Å². The largest absolute Gasteiger partial charge is 0.392 e. The first-order valence-electron chi connectivity index (χ1n) is 4.38. The van der Waals surface area contributed by atoms with Gasteiger partial charge >= 0.3 is 0 Å². The Morgan fingerprint density at radius 3 is 2.87 bits per heavy atom. The molecule has 0 bridgehead atoms. The number of pyridine rings is 1. The van der Waals surface area contributed by atoms with Crippen molar-refractivity contribution in [3.05, 3.63) is 41.0 Å². The van der Waals surface area contributed by atoms with Gasteiger partial charge in [-0.05, 0) is 29.1 Å². The van der Waals surface area contributed by atoms with Gasteiger partial charge in [-0.15, -0.1) is 11.3 Å². The number of hydrogen-bond acceptors (Lipinski definition) is 4. The summed E-state index contributed by atoms with van der Waals surface area (Å²) in [5.41, 5.74) is 2.29. The standard InChI is InChI=1S/C11H8N2OS/c12-4-10-2-1-9(5-13-10)11-3-8(6-14)7-15-11/h1-3,5,7,14H,6H2. The van der Waals surface area contributed by atoms with Gasteiger partial charge in [0, 0.05) is 16.6 Å².